The molecule has 0 aliphatic heterocycles. The zero-order valence-electron chi connectivity index (χ0n) is 13.8. The van der Waals surface area contributed by atoms with Gasteiger partial charge in [0.1, 0.15) is 16.5 Å². The first-order valence-electron chi connectivity index (χ1n) is 7.74. The van der Waals surface area contributed by atoms with Crippen molar-refractivity contribution in [2.75, 3.05) is 0 Å². The molecule has 0 aliphatic rings. The monoisotopic (exact) mass is 381 g/mol. The summed E-state index contributed by atoms with van der Waals surface area (Å²) < 4.78 is 42.5. The van der Waals surface area contributed by atoms with E-state index in [2.05, 4.69) is 0 Å². The average Bonchev–Trinajstić information content (AvgIpc) is 2.68. The molecule has 3 aromatic carbocycles. The molecule has 134 valence electrons. The number of rotatable bonds is 5. The summed E-state index contributed by atoms with van der Waals surface area (Å²) >= 11 is 0. The van der Waals surface area contributed by atoms with Gasteiger partial charge in [0, 0.05) is 11.1 Å². The first kappa shape index (κ1) is 18.3. The predicted octanol–water partition coefficient (Wildman–Crippen LogP) is 3.70. The first-order chi connectivity index (χ1) is 12.9. The van der Waals surface area contributed by atoms with E-state index in [0.29, 0.717) is 16.7 Å². The van der Waals surface area contributed by atoms with Crippen LogP contribution in [-0.2, 0) is 10.1 Å². The standard InChI is InChI=1S/C20H12FNO4S/c21-17-7-3-15(4-8-17)20(23)16-5-9-18(10-6-16)26-27(24,25)19-11-1-14(13-22)2-12-19/h1-12H. The molecule has 0 aromatic heterocycles. The van der Waals surface area contributed by atoms with E-state index in [-0.39, 0.29) is 16.4 Å². The number of carbonyl (C=O) groups excluding carboxylic acids is 1. The van der Waals surface area contributed by atoms with Gasteiger partial charge in [0.25, 0.3) is 0 Å². The van der Waals surface area contributed by atoms with Gasteiger partial charge in [-0.05, 0) is 72.8 Å². The van der Waals surface area contributed by atoms with Crippen molar-refractivity contribution in [1.29, 1.82) is 5.26 Å². The summed E-state index contributed by atoms with van der Waals surface area (Å²) in [5.41, 5.74) is 0.956. The lowest BCUT2D eigenvalue weighted by molar-refractivity contribution is 0.103. The van der Waals surface area contributed by atoms with Gasteiger partial charge in [0.15, 0.2) is 5.78 Å². The zero-order chi connectivity index (χ0) is 19.4. The van der Waals surface area contributed by atoms with Gasteiger partial charge in [-0.1, -0.05) is 0 Å². The van der Waals surface area contributed by atoms with E-state index in [1.165, 1.54) is 72.8 Å². The maximum absolute atomic E-state index is 12.9. The van der Waals surface area contributed by atoms with E-state index < -0.39 is 15.9 Å². The van der Waals surface area contributed by atoms with Crippen LogP contribution in [0.4, 0.5) is 4.39 Å². The number of nitriles is 1. The minimum atomic E-state index is -4.06. The van der Waals surface area contributed by atoms with E-state index in [1.807, 2.05) is 6.07 Å². The number of carbonyl (C=O) groups is 1. The van der Waals surface area contributed by atoms with E-state index in [9.17, 15) is 17.6 Å². The Balaban J connectivity index is 1.77. The van der Waals surface area contributed by atoms with Crippen LogP contribution in [0.5, 0.6) is 5.75 Å². The molecule has 7 heteroatoms. The van der Waals surface area contributed by atoms with E-state index in [0.717, 1.165) is 0 Å². The number of hydrogen-bond donors (Lipinski definition) is 0. The average molecular weight is 381 g/mol. The molecule has 0 N–H and O–H groups in total. The van der Waals surface area contributed by atoms with Gasteiger partial charge in [0.05, 0.1) is 11.6 Å². The maximum atomic E-state index is 12.9. The van der Waals surface area contributed by atoms with Crippen molar-refractivity contribution in [2.24, 2.45) is 0 Å². The smallest absolute Gasteiger partial charge is 0.339 e. The molecular formula is C20H12FNO4S. The summed E-state index contributed by atoms with van der Waals surface area (Å²) in [6.07, 6.45) is 0. The first-order valence-corrected chi connectivity index (χ1v) is 9.15. The molecule has 0 radical (unpaired) electrons. The highest BCUT2D eigenvalue weighted by Crippen LogP contribution is 2.21. The van der Waals surface area contributed by atoms with Crippen molar-refractivity contribution in [3.63, 3.8) is 0 Å². The molecule has 0 atom stereocenters. The highest BCUT2D eigenvalue weighted by Gasteiger charge is 2.17. The van der Waals surface area contributed by atoms with Crippen LogP contribution < -0.4 is 4.18 Å². The van der Waals surface area contributed by atoms with Crippen LogP contribution in [0.25, 0.3) is 0 Å². The summed E-state index contributed by atoms with van der Waals surface area (Å²) in [7, 11) is -4.06. The molecule has 0 fully saturated rings. The Bertz CT molecular complexity index is 1110. The summed E-state index contributed by atoms with van der Waals surface area (Å²) in [6, 6.07) is 17.9. The third-order valence-electron chi connectivity index (χ3n) is 3.70. The van der Waals surface area contributed by atoms with Gasteiger partial charge in [-0.2, -0.15) is 13.7 Å². The lowest BCUT2D eigenvalue weighted by Gasteiger charge is -2.08. The van der Waals surface area contributed by atoms with E-state index in [4.69, 9.17) is 9.44 Å². The quantitative estimate of drug-likeness (QED) is 0.497. The molecule has 0 saturated carbocycles. The molecule has 0 saturated heterocycles. The summed E-state index contributed by atoms with van der Waals surface area (Å²) in [5.74, 6) is -0.727. The van der Waals surface area contributed by atoms with Crippen LogP contribution in [0.15, 0.2) is 77.7 Å². The Morgan fingerprint density at radius 2 is 1.37 bits per heavy atom. The van der Waals surface area contributed by atoms with Crippen LogP contribution in [0, 0.1) is 17.1 Å². The van der Waals surface area contributed by atoms with Gasteiger partial charge >= 0.3 is 10.1 Å². The third-order valence-corrected chi connectivity index (χ3v) is 4.96. The molecule has 0 heterocycles. The fourth-order valence-electron chi connectivity index (χ4n) is 2.30. The fraction of sp³-hybridized carbons (Fsp3) is 0. The molecule has 0 spiro atoms. The van der Waals surface area contributed by atoms with Gasteiger partial charge in [0.2, 0.25) is 0 Å². The van der Waals surface area contributed by atoms with Crippen molar-refractivity contribution in [2.45, 2.75) is 4.90 Å². The van der Waals surface area contributed by atoms with Crippen LogP contribution in [-0.4, -0.2) is 14.2 Å². The molecular weight excluding hydrogens is 369 g/mol. The van der Waals surface area contributed by atoms with Crippen LogP contribution >= 0.6 is 0 Å². The number of benzene rings is 3. The van der Waals surface area contributed by atoms with Gasteiger partial charge < -0.3 is 4.18 Å². The highest BCUT2D eigenvalue weighted by atomic mass is 32.2. The molecule has 3 aromatic rings. The minimum Gasteiger partial charge on any atom is -0.379 e. The summed E-state index contributed by atoms with van der Waals surface area (Å²) in [4.78, 5) is 12.2. The molecule has 0 amide bonds. The molecule has 0 aliphatic carbocycles. The second-order valence-corrected chi connectivity index (χ2v) is 7.08. The fourth-order valence-corrected chi connectivity index (χ4v) is 3.23. The van der Waals surface area contributed by atoms with Crippen LogP contribution in [0.1, 0.15) is 21.5 Å². The van der Waals surface area contributed by atoms with E-state index >= 15 is 0 Å². The number of ketones is 1. The van der Waals surface area contributed by atoms with Gasteiger partial charge in [-0.15, -0.1) is 0 Å². The Morgan fingerprint density at radius 1 is 0.852 bits per heavy atom. The van der Waals surface area contributed by atoms with Crippen LogP contribution in [0.3, 0.4) is 0 Å². The second kappa shape index (κ2) is 7.40. The van der Waals surface area contributed by atoms with Crippen molar-refractivity contribution < 1.29 is 21.8 Å². The lowest BCUT2D eigenvalue weighted by atomic mass is 10.0. The largest absolute Gasteiger partial charge is 0.379 e. The Kier molecular flexibility index (Phi) is 5.01. The molecule has 0 unspecified atom stereocenters. The summed E-state index contributed by atoms with van der Waals surface area (Å²) in [5, 5.41) is 8.76. The van der Waals surface area contributed by atoms with E-state index in [1.54, 1.807) is 0 Å². The number of nitrogens with zero attached hydrogens (tertiary/aromatic N) is 1. The molecule has 5 nitrogen and oxygen atoms in total. The Labute approximate surface area is 155 Å². The Hall–Kier alpha value is -3.50. The van der Waals surface area contributed by atoms with Crippen molar-refractivity contribution in [3.05, 3.63) is 95.3 Å². The highest BCUT2D eigenvalue weighted by molar-refractivity contribution is 7.87. The van der Waals surface area contributed by atoms with Gasteiger partial charge in [-0.3, -0.25) is 4.79 Å². The SMILES string of the molecule is N#Cc1ccc(S(=O)(=O)Oc2ccc(C(=O)c3ccc(F)cc3)cc2)cc1. The van der Waals surface area contributed by atoms with Crippen molar-refractivity contribution >= 4 is 15.9 Å². The van der Waals surface area contributed by atoms with Crippen molar-refractivity contribution in [1.82, 2.24) is 0 Å². The summed E-state index contributed by atoms with van der Waals surface area (Å²) in [6.45, 7) is 0. The lowest BCUT2D eigenvalue weighted by Crippen LogP contribution is -2.10. The van der Waals surface area contributed by atoms with Crippen molar-refractivity contribution in [3.8, 4) is 11.8 Å². The molecule has 27 heavy (non-hydrogen) atoms. The normalized spacial score (nSPS) is 10.8. The topological polar surface area (TPSA) is 84.2 Å². The third kappa shape index (κ3) is 4.19. The minimum absolute atomic E-state index is 0.0371. The molecule has 0 bridgehead atoms. The second-order valence-electron chi connectivity index (χ2n) is 5.53. The van der Waals surface area contributed by atoms with Crippen LogP contribution in [0.2, 0.25) is 0 Å². The maximum Gasteiger partial charge on any atom is 0.339 e. The number of halogens is 1. The molecule has 3 rings (SSSR count). The predicted molar refractivity (Wildman–Crippen MR) is 95.2 cm³/mol. The van der Waals surface area contributed by atoms with Gasteiger partial charge in [-0.25, -0.2) is 4.39 Å². The Morgan fingerprint density at radius 3 is 1.89 bits per heavy atom. The number of hydrogen-bond acceptors (Lipinski definition) is 5. The zero-order valence-corrected chi connectivity index (χ0v) is 14.6.